The molecule has 0 bridgehead atoms. The van der Waals surface area contributed by atoms with Crippen molar-refractivity contribution in [3.8, 4) is 5.75 Å². The van der Waals surface area contributed by atoms with Crippen molar-refractivity contribution in [1.29, 1.82) is 0 Å². The quantitative estimate of drug-likeness (QED) is 0.229. The topological polar surface area (TPSA) is 144 Å². The Morgan fingerprint density at radius 2 is 2.09 bits per heavy atom. The minimum Gasteiger partial charge on any atom is -0.483 e. The smallest absolute Gasteiger partial charge is 0.352 e. The average molecular weight is 463 g/mol. The lowest BCUT2D eigenvalue weighted by molar-refractivity contribution is -0.151. The van der Waals surface area contributed by atoms with Gasteiger partial charge in [0.25, 0.3) is 11.8 Å². The van der Waals surface area contributed by atoms with Crippen molar-refractivity contribution in [2.24, 2.45) is 5.16 Å². The SMILES string of the molecule is CO/N=C/c1ccccc1OCC(=O)N[C@@H]1C(=O)N2C(C(=O)O)=C(COC(C)=O)CS[C@H]12. The molecule has 3 rings (SSSR count). The molecule has 0 spiro atoms. The number of ether oxygens (including phenoxy) is 2. The lowest BCUT2D eigenvalue weighted by Crippen LogP contribution is -2.71. The van der Waals surface area contributed by atoms with Crippen LogP contribution in [0.4, 0.5) is 0 Å². The fourth-order valence-electron chi connectivity index (χ4n) is 3.17. The minimum absolute atomic E-state index is 0.211. The predicted molar refractivity (Wildman–Crippen MR) is 113 cm³/mol. The summed E-state index contributed by atoms with van der Waals surface area (Å²) in [5.41, 5.74) is 0.713. The van der Waals surface area contributed by atoms with Gasteiger partial charge >= 0.3 is 11.9 Å². The summed E-state index contributed by atoms with van der Waals surface area (Å²) < 4.78 is 10.4. The normalized spacial score (nSPS) is 19.8. The van der Waals surface area contributed by atoms with Crippen molar-refractivity contribution in [2.45, 2.75) is 18.3 Å². The molecule has 170 valence electrons. The molecule has 2 aliphatic rings. The minimum atomic E-state index is -1.30. The van der Waals surface area contributed by atoms with Crippen LogP contribution >= 0.6 is 11.8 Å². The van der Waals surface area contributed by atoms with E-state index in [0.29, 0.717) is 16.9 Å². The third-order valence-corrected chi connectivity index (χ3v) is 5.93. The van der Waals surface area contributed by atoms with Gasteiger partial charge in [-0.15, -0.1) is 11.8 Å². The Labute approximate surface area is 187 Å². The van der Waals surface area contributed by atoms with Crippen LogP contribution < -0.4 is 10.1 Å². The maximum atomic E-state index is 12.6. The molecule has 0 saturated carbocycles. The van der Waals surface area contributed by atoms with Gasteiger partial charge < -0.3 is 24.7 Å². The third-order valence-electron chi connectivity index (χ3n) is 4.59. The van der Waals surface area contributed by atoms with E-state index in [1.54, 1.807) is 24.3 Å². The van der Waals surface area contributed by atoms with E-state index in [0.717, 1.165) is 4.90 Å². The highest BCUT2D eigenvalue weighted by atomic mass is 32.2. The molecule has 1 aromatic carbocycles. The van der Waals surface area contributed by atoms with Crippen molar-refractivity contribution >= 4 is 41.7 Å². The molecule has 1 saturated heterocycles. The van der Waals surface area contributed by atoms with Crippen LogP contribution in [0.1, 0.15) is 12.5 Å². The van der Waals surface area contributed by atoms with E-state index in [-0.39, 0.29) is 24.7 Å². The van der Waals surface area contributed by atoms with Crippen molar-refractivity contribution in [1.82, 2.24) is 10.2 Å². The molecule has 0 aromatic heterocycles. The van der Waals surface area contributed by atoms with E-state index in [4.69, 9.17) is 9.47 Å². The molecule has 2 heterocycles. The zero-order chi connectivity index (χ0) is 23.3. The van der Waals surface area contributed by atoms with Gasteiger partial charge in [0.1, 0.15) is 36.6 Å². The van der Waals surface area contributed by atoms with E-state index >= 15 is 0 Å². The van der Waals surface area contributed by atoms with Gasteiger partial charge in [0.15, 0.2) is 6.61 Å². The van der Waals surface area contributed by atoms with Gasteiger partial charge in [-0.25, -0.2) is 4.79 Å². The number of oxime groups is 1. The summed E-state index contributed by atoms with van der Waals surface area (Å²) in [5, 5.41) is 15.2. The third kappa shape index (κ3) is 5.02. The summed E-state index contributed by atoms with van der Waals surface area (Å²) in [5.74, 6) is -2.28. The Hall–Kier alpha value is -3.54. The van der Waals surface area contributed by atoms with Crippen LogP contribution in [0, 0.1) is 0 Å². The number of carboxylic acids is 1. The van der Waals surface area contributed by atoms with Crippen LogP contribution in [0.3, 0.4) is 0 Å². The molecule has 0 aliphatic carbocycles. The van der Waals surface area contributed by atoms with E-state index in [1.807, 2.05) is 0 Å². The zero-order valence-corrected chi connectivity index (χ0v) is 18.1. The Kier molecular flexibility index (Phi) is 7.36. The van der Waals surface area contributed by atoms with Crippen molar-refractivity contribution in [2.75, 3.05) is 26.1 Å². The number of aliphatic carboxylic acids is 1. The maximum absolute atomic E-state index is 12.6. The monoisotopic (exact) mass is 463 g/mol. The maximum Gasteiger partial charge on any atom is 0.352 e. The molecule has 12 heteroatoms. The molecule has 1 fully saturated rings. The number of carbonyl (C=O) groups excluding carboxylic acids is 3. The Balaban J connectivity index is 1.62. The lowest BCUT2D eigenvalue weighted by atomic mass is 10.0. The molecule has 32 heavy (non-hydrogen) atoms. The number of nitrogens with zero attached hydrogens (tertiary/aromatic N) is 2. The van der Waals surface area contributed by atoms with Gasteiger partial charge in [0.2, 0.25) is 0 Å². The fourth-order valence-corrected chi connectivity index (χ4v) is 4.50. The lowest BCUT2D eigenvalue weighted by Gasteiger charge is -2.49. The standard InChI is InChI=1S/C20H21N3O8S/c1-11(24)30-8-13-10-32-19-16(18(26)23(19)17(13)20(27)28)22-15(25)9-31-14-6-4-3-5-12(14)7-21-29-2/h3-7,16,19H,8-10H2,1-2H3,(H,22,25)(H,27,28)/b21-7+/t16-,19-/m1/s1. The molecule has 2 N–H and O–H groups in total. The number of hydrogen-bond acceptors (Lipinski definition) is 9. The summed E-state index contributed by atoms with van der Waals surface area (Å²) in [4.78, 5) is 53.5. The number of β-lactam (4-membered cyclic amide) rings is 1. The van der Waals surface area contributed by atoms with Crippen LogP contribution in [0.25, 0.3) is 0 Å². The summed E-state index contributed by atoms with van der Waals surface area (Å²) >= 11 is 1.28. The van der Waals surface area contributed by atoms with Gasteiger partial charge in [0, 0.05) is 23.8 Å². The van der Waals surface area contributed by atoms with Crippen LogP contribution in [0.2, 0.25) is 0 Å². The number of carboxylic acid groups (broad SMARTS) is 1. The number of nitrogens with one attached hydrogen (secondary N) is 1. The number of benzene rings is 1. The number of esters is 1. The first kappa shape index (κ1) is 23.1. The molecular weight excluding hydrogens is 442 g/mol. The van der Waals surface area contributed by atoms with Gasteiger partial charge in [-0.2, -0.15) is 0 Å². The van der Waals surface area contributed by atoms with Crippen LogP contribution in [-0.2, 0) is 28.8 Å². The molecule has 1 aromatic rings. The first-order valence-corrected chi connectivity index (χ1v) is 10.5. The van der Waals surface area contributed by atoms with Gasteiger partial charge in [-0.1, -0.05) is 17.3 Å². The van der Waals surface area contributed by atoms with Crippen LogP contribution in [0.15, 0.2) is 40.7 Å². The second kappa shape index (κ2) is 10.2. The number of para-hydroxylation sites is 1. The van der Waals surface area contributed by atoms with Crippen LogP contribution in [-0.4, -0.2) is 77.5 Å². The predicted octanol–water partition coefficient (Wildman–Crippen LogP) is 0.347. The van der Waals surface area contributed by atoms with Crippen molar-refractivity contribution in [3.05, 3.63) is 41.1 Å². The molecular formula is C20H21N3O8S. The molecule has 2 atom stereocenters. The second-order valence-corrected chi connectivity index (χ2v) is 7.84. The Morgan fingerprint density at radius 1 is 1.34 bits per heavy atom. The fraction of sp³-hybridized carbons (Fsp3) is 0.350. The van der Waals surface area contributed by atoms with Crippen molar-refractivity contribution in [3.63, 3.8) is 0 Å². The highest BCUT2D eigenvalue weighted by Crippen LogP contribution is 2.40. The molecule has 0 unspecified atom stereocenters. The molecule has 2 amide bonds. The highest BCUT2D eigenvalue weighted by molar-refractivity contribution is 8.00. The highest BCUT2D eigenvalue weighted by Gasteiger charge is 2.54. The van der Waals surface area contributed by atoms with Crippen molar-refractivity contribution < 1.29 is 38.6 Å². The zero-order valence-electron chi connectivity index (χ0n) is 17.3. The number of rotatable bonds is 9. The van der Waals surface area contributed by atoms with Gasteiger partial charge in [-0.05, 0) is 12.1 Å². The van der Waals surface area contributed by atoms with E-state index < -0.39 is 35.2 Å². The van der Waals surface area contributed by atoms with Crippen LogP contribution in [0.5, 0.6) is 5.75 Å². The number of hydrogen-bond donors (Lipinski definition) is 2. The Morgan fingerprint density at radius 3 is 2.78 bits per heavy atom. The molecule has 11 nitrogen and oxygen atoms in total. The Bertz CT molecular complexity index is 993. The second-order valence-electron chi connectivity index (χ2n) is 6.74. The van der Waals surface area contributed by atoms with E-state index in [1.165, 1.54) is 32.0 Å². The average Bonchev–Trinajstić information content (AvgIpc) is 2.77. The largest absolute Gasteiger partial charge is 0.483 e. The number of carbonyl (C=O) groups is 4. The van der Waals surface area contributed by atoms with Gasteiger partial charge in [0.05, 0.1) is 6.21 Å². The van der Waals surface area contributed by atoms with E-state index in [9.17, 15) is 24.3 Å². The number of amides is 2. The molecule has 2 aliphatic heterocycles. The summed E-state index contributed by atoms with van der Waals surface area (Å²) in [6, 6.07) is 6.01. The summed E-state index contributed by atoms with van der Waals surface area (Å²) in [6.45, 7) is 0.653. The first-order chi connectivity index (χ1) is 15.3. The van der Waals surface area contributed by atoms with E-state index in [2.05, 4.69) is 15.3 Å². The van der Waals surface area contributed by atoms with Gasteiger partial charge in [-0.3, -0.25) is 19.3 Å². The molecule has 0 radical (unpaired) electrons. The summed E-state index contributed by atoms with van der Waals surface area (Å²) in [6.07, 6.45) is 1.44. The first-order valence-electron chi connectivity index (χ1n) is 9.44. The summed E-state index contributed by atoms with van der Waals surface area (Å²) in [7, 11) is 1.40. The number of fused-ring (bicyclic) bond motifs is 1. The number of thioether (sulfide) groups is 1.